The molecule has 1 aliphatic rings. The second-order valence-electron chi connectivity index (χ2n) is 6.41. The van der Waals surface area contributed by atoms with E-state index in [-0.39, 0.29) is 17.2 Å². The normalized spacial score (nSPS) is 13.6. The predicted octanol–water partition coefficient (Wildman–Crippen LogP) is 2.83. The van der Waals surface area contributed by atoms with Gasteiger partial charge < -0.3 is 10.1 Å². The van der Waals surface area contributed by atoms with Gasteiger partial charge in [0.2, 0.25) is 10.0 Å². The van der Waals surface area contributed by atoms with Gasteiger partial charge in [-0.05, 0) is 55.7 Å². The monoisotopic (exact) mass is 402 g/mol. The smallest absolute Gasteiger partial charge is 0.339 e. The van der Waals surface area contributed by atoms with Crippen molar-refractivity contribution in [3.05, 3.63) is 59.2 Å². The average molecular weight is 402 g/mol. The number of hydrogen-bond donors (Lipinski definition) is 1. The highest BCUT2D eigenvalue weighted by Gasteiger charge is 2.26. The molecular formula is C20H22N2O5S. The summed E-state index contributed by atoms with van der Waals surface area (Å²) in [7, 11) is -2.07. The second-order valence-corrected chi connectivity index (χ2v) is 8.59. The van der Waals surface area contributed by atoms with Crippen LogP contribution in [0.3, 0.4) is 0 Å². The fourth-order valence-electron chi connectivity index (χ4n) is 3.22. The summed E-state index contributed by atoms with van der Waals surface area (Å²) in [4.78, 5) is 24.6. The molecule has 0 saturated carbocycles. The molecule has 0 aromatic heterocycles. The van der Waals surface area contributed by atoms with E-state index < -0.39 is 16.0 Å². The van der Waals surface area contributed by atoms with Crippen LogP contribution in [0.2, 0.25) is 0 Å². The van der Waals surface area contributed by atoms with Crippen molar-refractivity contribution in [2.45, 2.75) is 19.8 Å². The van der Waals surface area contributed by atoms with Crippen LogP contribution in [0.25, 0.3) is 0 Å². The molecule has 28 heavy (non-hydrogen) atoms. The third-order valence-corrected chi connectivity index (χ3v) is 6.48. The molecule has 3 rings (SSSR count). The Morgan fingerprint density at radius 1 is 1.18 bits per heavy atom. The van der Waals surface area contributed by atoms with Crippen molar-refractivity contribution >= 4 is 33.3 Å². The molecule has 2 aromatic rings. The Morgan fingerprint density at radius 2 is 1.93 bits per heavy atom. The van der Waals surface area contributed by atoms with Gasteiger partial charge in [-0.25, -0.2) is 13.2 Å². The zero-order chi connectivity index (χ0) is 20.3. The number of nitrogens with zero attached hydrogens (tertiary/aromatic N) is 1. The van der Waals surface area contributed by atoms with Gasteiger partial charge >= 0.3 is 5.97 Å². The zero-order valence-electron chi connectivity index (χ0n) is 15.8. The number of carbonyl (C=O) groups is 2. The number of amides is 1. The number of esters is 1. The van der Waals surface area contributed by atoms with Crippen LogP contribution in [0.1, 0.15) is 39.6 Å². The molecule has 0 saturated heterocycles. The molecule has 2 aromatic carbocycles. The van der Waals surface area contributed by atoms with Gasteiger partial charge in [-0.15, -0.1) is 0 Å². The molecule has 0 atom stereocenters. The zero-order valence-corrected chi connectivity index (χ0v) is 16.6. The molecular weight excluding hydrogens is 380 g/mol. The Labute approximate surface area is 164 Å². The first-order valence-electron chi connectivity index (χ1n) is 8.99. The first kappa shape index (κ1) is 19.9. The van der Waals surface area contributed by atoms with Gasteiger partial charge in [-0.3, -0.25) is 9.10 Å². The third-order valence-electron chi connectivity index (χ3n) is 4.70. The van der Waals surface area contributed by atoms with Crippen LogP contribution in [0.4, 0.5) is 11.4 Å². The second kappa shape index (κ2) is 8.02. The number of benzene rings is 2. The Hall–Kier alpha value is -2.87. The standard InChI is InChI=1S/C20H22N2O5S/c1-3-28(25,26)22-12-6-7-14-13-15(10-11-18(14)22)19(23)21-17-9-5-4-8-16(17)20(24)27-2/h4-5,8-11,13H,3,6-7,12H2,1-2H3,(H,21,23). The highest BCUT2D eigenvalue weighted by molar-refractivity contribution is 7.92. The summed E-state index contributed by atoms with van der Waals surface area (Å²) in [6.45, 7) is 2.06. The van der Waals surface area contributed by atoms with Gasteiger partial charge in [0.1, 0.15) is 0 Å². The van der Waals surface area contributed by atoms with E-state index >= 15 is 0 Å². The minimum Gasteiger partial charge on any atom is -0.465 e. The van der Waals surface area contributed by atoms with Crippen LogP contribution in [0.15, 0.2) is 42.5 Å². The largest absolute Gasteiger partial charge is 0.465 e. The quantitative estimate of drug-likeness (QED) is 0.777. The molecule has 1 aliphatic heterocycles. The first-order valence-corrected chi connectivity index (χ1v) is 10.6. The third kappa shape index (κ3) is 3.87. The number of anilines is 2. The summed E-state index contributed by atoms with van der Waals surface area (Å²) in [5.74, 6) is -0.893. The van der Waals surface area contributed by atoms with Crippen molar-refractivity contribution in [2.24, 2.45) is 0 Å². The summed E-state index contributed by atoms with van der Waals surface area (Å²) in [6.07, 6.45) is 1.40. The van der Waals surface area contributed by atoms with Gasteiger partial charge in [0.15, 0.2) is 0 Å². The first-order chi connectivity index (χ1) is 13.4. The fraction of sp³-hybridized carbons (Fsp3) is 0.300. The van der Waals surface area contributed by atoms with Crippen molar-refractivity contribution < 1.29 is 22.7 Å². The molecule has 0 spiro atoms. The summed E-state index contributed by atoms with van der Waals surface area (Å²) in [6, 6.07) is 11.6. The van der Waals surface area contributed by atoms with Gasteiger partial charge in [0.05, 0.1) is 29.8 Å². The average Bonchev–Trinajstić information content (AvgIpc) is 2.72. The van der Waals surface area contributed by atoms with Crippen molar-refractivity contribution in [3.8, 4) is 0 Å². The Balaban J connectivity index is 1.88. The number of sulfonamides is 1. The van der Waals surface area contributed by atoms with Crippen LogP contribution in [-0.2, 0) is 21.2 Å². The van der Waals surface area contributed by atoms with Crippen molar-refractivity contribution in [1.29, 1.82) is 0 Å². The number of carbonyl (C=O) groups excluding carboxylic acids is 2. The minimum atomic E-state index is -3.35. The molecule has 0 bridgehead atoms. The SMILES string of the molecule is CCS(=O)(=O)N1CCCc2cc(C(=O)Nc3ccccc3C(=O)OC)ccc21. The summed E-state index contributed by atoms with van der Waals surface area (Å²) < 4.78 is 30.8. The molecule has 1 heterocycles. The maximum Gasteiger partial charge on any atom is 0.339 e. The van der Waals surface area contributed by atoms with Crippen molar-refractivity contribution in [1.82, 2.24) is 0 Å². The number of aryl methyl sites for hydroxylation is 1. The molecule has 0 unspecified atom stereocenters. The number of methoxy groups -OCH3 is 1. The van der Waals surface area contributed by atoms with Crippen molar-refractivity contribution in [3.63, 3.8) is 0 Å². The molecule has 0 radical (unpaired) electrons. The lowest BCUT2D eigenvalue weighted by Crippen LogP contribution is -2.36. The van der Waals surface area contributed by atoms with E-state index in [2.05, 4.69) is 5.32 Å². The summed E-state index contributed by atoms with van der Waals surface area (Å²) >= 11 is 0. The maximum absolute atomic E-state index is 12.7. The molecule has 0 fully saturated rings. The maximum atomic E-state index is 12.7. The molecule has 1 N–H and O–H groups in total. The van der Waals surface area contributed by atoms with E-state index in [1.54, 1.807) is 49.4 Å². The number of hydrogen-bond acceptors (Lipinski definition) is 5. The molecule has 7 nitrogen and oxygen atoms in total. The van der Waals surface area contributed by atoms with Crippen LogP contribution in [-0.4, -0.2) is 39.7 Å². The number of rotatable bonds is 5. The lowest BCUT2D eigenvalue weighted by molar-refractivity contribution is 0.0602. The lowest BCUT2D eigenvalue weighted by Gasteiger charge is -2.30. The van der Waals surface area contributed by atoms with E-state index in [1.165, 1.54) is 11.4 Å². The molecule has 148 valence electrons. The lowest BCUT2D eigenvalue weighted by atomic mass is 10.0. The summed E-state index contributed by atoms with van der Waals surface area (Å²) in [5, 5.41) is 2.73. The Morgan fingerprint density at radius 3 is 2.64 bits per heavy atom. The number of ether oxygens (including phenoxy) is 1. The highest BCUT2D eigenvalue weighted by atomic mass is 32.2. The summed E-state index contributed by atoms with van der Waals surface area (Å²) in [5.41, 5.74) is 2.45. The Bertz CT molecular complexity index is 1020. The number of nitrogens with one attached hydrogen (secondary N) is 1. The Kier molecular flexibility index (Phi) is 5.69. The van der Waals surface area contributed by atoms with Crippen molar-refractivity contribution in [2.75, 3.05) is 29.0 Å². The highest BCUT2D eigenvalue weighted by Crippen LogP contribution is 2.30. The van der Waals surface area contributed by atoms with Gasteiger partial charge in [0, 0.05) is 12.1 Å². The molecule has 8 heteroatoms. The number of para-hydroxylation sites is 1. The molecule has 1 amide bonds. The van der Waals surface area contributed by atoms with E-state index in [1.807, 2.05) is 0 Å². The van der Waals surface area contributed by atoms with Crippen LogP contribution < -0.4 is 9.62 Å². The topological polar surface area (TPSA) is 92.8 Å². The molecule has 0 aliphatic carbocycles. The van der Waals surface area contributed by atoms with Crippen LogP contribution in [0, 0.1) is 0 Å². The van der Waals surface area contributed by atoms with Crippen LogP contribution >= 0.6 is 0 Å². The van der Waals surface area contributed by atoms with E-state index in [0.717, 1.165) is 5.56 Å². The van der Waals surface area contributed by atoms with Crippen LogP contribution in [0.5, 0.6) is 0 Å². The van der Waals surface area contributed by atoms with Gasteiger partial charge in [-0.1, -0.05) is 12.1 Å². The van der Waals surface area contributed by atoms with E-state index in [0.29, 0.717) is 36.3 Å². The fourth-order valence-corrected chi connectivity index (χ4v) is 4.42. The van der Waals surface area contributed by atoms with E-state index in [4.69, 9.17) is 4.74 Å². The predicted molar refractivity (Wildman–Crippen MR) is 107 cm³/mol. The van der Waals surface area contributed by atoms with E-state index in [9.17, 15) is 18.0 Å². The minimum absolute atomic E-state index is 0.0268. The van der Waals surface area contributed by atoms with Gasteiger partial charge in [-0.2, -0.15) is 0 Å². The number of fused-ring (bicyclic) bond motifs is 1. The van der Waals surface area contributed by atoms with Gasteiger partial charge in [0.25, 0.3) is 5.91 Å².